The monoisotopic (exact) mass is 480 g/mol. The fourth-order valence-electron chi connectivity index (χ4n) is 7.93. The van der Waals surface area contributed by atoms with Gasteiger partial charge in [0.25, 0.3) is 0 Å². The Morgan fingerprint density at radius 2 is 2.00 bits per heavy atom. The van der Waals surface area contributed by atoms with E-state index in [1.54, 1.807) is 13.0 Å². The highest BCUT2D eigenvalue weighted by molar-refractivity contribution is 6.29. The second-order valence-electron chi connectivity index (χ2n) is 10.9. The van der Waals surface area contributed by atoms with Crippen molar-refractivity contribution in [3.63, 3.8) is 0 Å². The van der Waals surface area contributed by atoms with Crippen molar-refractivity contribution in [3.05, 3.63) is 23.8 Å². The molecule has 0 spiro atoms. The first-order valence-electron chi connectivity index (χ1n) is 12.0. The maximum absolute atomic E-state index is 17.2. The standard InChI is InChI=1S/C26H34ClFO5/c1-5-6-22(32)33-26(21(31)14-27)15(2)11-19-18-8-7-16-12-17(29)9-10-23(16,3)25(18,28)20(30)13-24(19,26)4/h9-10,12,15,18-20,30H,5-8,11,13-14H2,1-4H3/t15-,18-,19-,20-,23-,24-,25?,26-/m0/s1. The molecule has 4 rings (SSSR count). The van der Waals surface area contributed by atoms with Crippen molar-refractivity contribution < 1.29 is 28.6 Å². The fourth-order valence-corrected chi connectivity index (χ4v) is 8.13. The zero-order valence-electron chi connectivity index (χ0n) is 19.8. The molecule has 182 valence electrons. The molecule has 1 unspecified atom stereocenters. The van der Waals surface area contributed by atoms with Crippen molar-refractivity contribution >= 4 is 29.1 Å². The third-order valence-electron chi connectivity index (χ3n) is 9.45. The molecule has 4 aliphatic carbocycles. The van der Waals surface area contributed by atoms with Crippen LogP contribution in [0.2, 0.25) is 0 Å². The van der Waals surface area contributed by atoms with Gasteiger partial charge in [0.1, 0.15) is 0 Å². The van der Waals surface area contributed by atoms with Crippen molar-refractivity contribution in [2.45, 2.75) is 83.6 Å². The quantitative estimate of drug-likeness (QED) is 0.463. The number of fused-ring (bicyclic) bond motifs is 5. The molecule has 0 saturated heterocycles. The highest BCUT2D eigenvalue weighted by Gasteiger charge is 2.77. The summed E-state index contributed by atoms with van der Waals surface area (Å²) in [5.74, 6) is -2.52. The molecule has 1 N–H and O–H groups in total. The van der Waals surface area contributed by atoms with Gasteiger partial charge in [-0.05, 0) is 57.1 Å². The van der Waals surface area contributed by atoms with E-state index in [0.717, 1.165) is 0 Å². The largest absolute Gasteiger partial charge is 0.450 e. The molecular formula is C26H34ClFO5. The van der Waals surface area contributed by atoms with E-state index in [4.69, 9.17) is 16.3 Å². The van der Waals surface area contributed by atoms with Gasteiger partial charge in [0, 0.05) is 29.1 Å². The number of aliphatic hydroxyl groups is 1. The van der Waals surface area contributed by atoms with Crippen LogP contribution in [0.25, 0.3) is 0 Å². The number of Topliss-reactive ketones (excluding diaryl/α,β-unsaturated/α-hetero) is 1. The second-order valence-corrected chi connectivity index (χ2v) is 11.2. The van der Waals surface area contributed by atoms with Gasteiger partial charge in [0.2, 0.25) is 0 Å². The number of ketones is 2. The van der Waals surface area contributed by atoms with Gasteiger partial charge < -0.3 is 9.84 Å². The molecule has 0 amide bonds. The van der Waals surface area contributed by atoms with E-state index in [2.05, 4.69) is 0 Å². The molecule has 0 aromatic rings. The van der Waals surface area contributed by atoms with Crippen molar-refractivity contribution in [2.75, 3.05) is 5.88 Å². The van der Waals surface area contributed by atoms with E-state index in [0.29, 0.717) is 31.3 Å². The summed E-state index contributed by atoms with van der Waals surface area (Å²) in [5, 5.41) is 11.5. The van der Waals surface area contributed by atoms with Gasteiger partial charge >= 0.3 is 5.97 Å². The molecule has 0 bridgehead atoms. The van der Waals surface area contributed by atoms with Gasteiger partial charge in [-0.25, -0.2) is 4.39 Å². The Morgan fingerprint density at radius 3 is 2.64 bits per heavy atom. The lowest BCUT2D eigenvalue weighted by Gasteiger charge is -2.62. The van der Waals surface area contributed by atoms with Crippen LogP contribution in [0.4, 0.5) is 4.39 Å². The normalized spacial score (nSPS) is 46.2. The third-order valence-corrected chi connectivity index (χ3v) is 9.69. The molecule has 5 nitrogen and oxygen atoms in total. The molecule has 3 saturated carbocycles. The maximum atomic E-state index is 17.2. The first kappa shape index (κ1) is 24.6. The number of esters is 1. The Bertz CT molecular complexity index is 945. The third kappa shape index (κ3) is 3.02. The number of carbonyl (C=O) groups is 3. The molecule has 0 radical (unpaired) electrons. The lowest BCUT2D eigenvalue weighted by molar-refractivity contribution is -0.227. The van der Waals surface area contributed by atoms with Crippen molar-refractivity contribution in [1.29, 1.82) is 0 Å². The number of ether oxygens (including phenoxy) is 1. The summed E-state index contributed by atoms with van der Waals surface area (Å²) in [5.41, 5.74) is -4.84. The second kappa shape index (κ2) is 8.01. The van der Waals surface area contributed by atoms with Crippen LogP contribution in [0.3, 0.4) is 0 Å². The zero-order valence-corrected chi connectivity index (χ0v) is 20.6. The van der Waals surface area contributed by atoms with Gasteiger partial charge in [-0.2, -0.15) is 0 Å². The van der Waals surface area contributed by atoms with Crippen LogP contribution in [0.15, 0.2) is 23.8 Å². The lowest BCUT2D eigenvalue weighted by Crippen LogP contribution is -2.70. The number of hydrogen-bond donors (Lipinski definition) is 1. The summed E-state index contributed by atoms with van der Waals surface area (Å²) in [4.78, 5) is 38.0. The topological polar surface area (TPSA) is 80.7 Å². The van der Waals surface area contributed by atoms with Crippen molar-refractivity contribution in [2.24, 2.45) is 28.6 Å². The number of rotatable bonds is 5. The van der Waals surface area contributed by atoms with Crippen LogP contribution in [0, 0.1) is 28.6 Å². The summed E-state index contributed by atoms with van der Waals surface area (Å²) in [6.07, 6.45) is 5.33. The molecule has 4 aliphatic rings. The molecule has 0 aliphatic heterocycles. The summed E-state index contributed by atoms with van der Waals surface area (Å²) < 4.78 is 23.2. The number of alkyl halides is 2. The summed E-state index contributed by atoms with van der Waals surface area (Å²) in [6.45, 7) is 7.35. The van der Waals surface area contributed by atoms with Gasteiger partial charge in [-0.15, -0.1) is 11.6 Å². The van der Waals surface area contributed by atoms with Crippen LogP contribution in [-0.4, -0.2) is 45.9 Å². The smallest absolute Gasteiger partial charge is 0.306 e. The summed E-state index contributed by atoms with van der Waals surface area (Å²) >= 11 is 6.04. The predicted octanol–water partition coefficient (Wildman–Crippen LogP) is 4.49. The summed E-state index contributed by atoms with van der Waals surface area (Å²) in [7, 11) is 0. The van der Waals surface area contributed by atoms with E-state index in [1.165, 1.54) is 12.2 Å². The van der Waals surface area contributed by atoms with E-state index < -0.39 is 40.1 Å². The van der Waals surface area contributed by atoms with E-state index in [1.807, 2.05) is 20.8 Å². The minimum atomic E-state index is -1.99. The number of aliphatic hydroxyl groups excluding tert-OH is 1. The average Bonchev–Trinajstić information content (AvgIpc) is 2.97. The minimum Gasteiger partial charge on any atom is -0.450 e. The number of carbonyl (C=O) groups excluding carboxylic acids is 3. The molecule has 0 heterocycles. The fraction of sp³-hybridized carbons (Fsp3) is 0.731. The number of hydrogen-bond acceptors (Lipinski definition) is 5. The molecule has 33 heavy (non-hydrogen) atoms. The van der Waals surface area contributed by atoms with Gasteiger partial charge in [-0.3, -0.25) is 14.4 Å². The van der Waals surface area contributed by atoms with Crippen molar-refractivity contribution in [1.82, 2.24) is 0 Å². The average molecular weight is 481 g/mol. The molecule has 3 fully saturated rings. The zero-order chi connectivity index (χ0) is 24.4. The Hall–Kier alpha value is -1.53. The maximum Gasteiger partial charge on any atom is 0.306 e. The van der Waals surface area contributed by atoms with Crippen LogP contribution in [0.1, 0.15) is 66.2 Å². The first-order chi connectivity index (χ1) is 15.4. The van der Waals surface area contributed by atoms with Gasteiger partial charge in [-0.1, -0.05) is 32.4 Å². The van der Waals surface area contributed by atoms with Crippen LogP contribution >= 0.6 is 11.6 Å². The van der Waals surface area contributed by atoms with Crippen LogP contribution in [-0.2, 0) is 19.1 Å². The molecular weight excluding hydrogens is 447 g/mol. The molecule has 0 aromatic heterocycles. The Labute approximate surface area is 199 Å². The summed E-state index contributed by atoms with van der Waals surface area (Å²) in [6, 6.07) is 0. The number of allylic oxidation sites excluding steroid dienone is 4. The Kier molecular flexibility index (Phi) is 5.97. The molecule has 7 heteroatoms. The molecule has 0 aromatic carbocycles. The molecule has 8 atom stereocenters. The highest BCUT2D eigenvalue weighted by atomic mass is 35.5. The number of halogens is 2. The van der Waals surface area contributed by atoms with E-state index in [-0.39, 0.29) is 42.1 Å². The lowest BCUT2D eigenvalue weighted by atomic mass is 9.44. The Balaban J connectivity index is 1.83. The van der Waals surface area contributed by atoms with E-state index >= 15 is 4.39 Å². The van der Waals surface area contributed by atoms with Gasteiger partial charge in [0.15, 0.2) is 22.8 Å². The van der Waals surface area contributed by atoms with Crippen molar-refractivity contribution in [3.8, 4) is 0 Å². The Morgan fingerprint density at radius 1 is 1.30 bits per heavy atom. The van der Waals surface area contributed by atoms with Gasteiger partial charge in [0.05, 0.1) is 12.0 Å². The minimum absolute atomic E-state index is 0.0261. The first-order valence-corrected chi connectivity index (χ1v) is 12.6. The highest BCUT2D eigenvalue weighted by Crippen LogP contribution is 2.71. The predicted molar refractivity (Wildman–Crippen MR) is 122 cm³/mol. The van der Waals surface area contributed by atoms with E-state index in [9.17, 15) is 19.5 Å². The van der Waals surface area contributed by atoms with Crippen LogP contribution < -0.4 is 0 Å². The SMILES string of the molecule is CCCC(=O)O[C@]1(C(=O)CCl)[C@@H](C)C[C@H]2[C@@H]3CCC4=CC(=O)C=C[C@]4(C)C3(F)[C@@H](O)C[C@@]21C. The van der Waals surface area contributed by atoms with Crippen LogP contribution in [0.5, 0.6) is 0 Å².